The van der Waals surface area contributed by atoms with E-state index in [1.807, 2.05) is 0 Å². The minimum absolute atomic E-state index is 0.361. The standard InChI is InChI=1S/C10H20/c1-7-8(2)9(3)10(4,5)6/h7H2,1-6H3/b9-8-. The number of allylic oxidation sites excluding steroid dienone is 2. The minimum Gasteiger partial charge on any atom is -0.0741 e. The van der Waals surface area contributed by atoms with E-state index in [0.717, 1.165) is 0 Å². The fraction of sp³-hybridized carbons (Fsp3) is 0.800. The van der Waals surface area contributed by atoms with Gasteiger partial charge in [-0.3, -0.25) is 0 Å². The van der Waals surface area contributed by atoms with E-state index in [0.29, 0.717) is 5.41 Å². The molecule has 0 heteroatoms. The minimum atomic E-state index is 0.361. The molecule has 0 aliphatic heterocycles. The Bertz CT molecular complexity index is 133. The highest BCUT2D eigenvalue weighted by atomic mass is 14.2. The van der Waals surface area contributed by atoms with Crippen LogP contribution in [0, 0.1) is 5.41 Å². The van der Waals surface area contributed by atoms with E-state index < -0.39 is 0 Å². The van der Waals surface area contributed by atoms with Crippen LogP contribution in [0.25, 0.3) is 0 Å². The molecule has 0 aliphatic carbocycles. The van der Waals surface area contributed by atoms with E-state index in [1.165, 1.54) is 17.6 Å². The predicted molar refractivity (Wildman–Crippen MR) is 48.1 cm³/mol. The molecule has 0 aromatic heterocycles. The highest BCUT2D eigenvalue weighted by Crippen LogP contribution is 2.27. The van der Waals surface area contributed by atoms with Crippen molar-refractivity contribution in [3.63, 3.8) is 0 Å². The van der Waals surface area contributed by atoms with Gasteiger partial charge in [0.05, 0.1) is 0 Å². The average molecular weight is 140 g/mol. The highest BCUT2D eigenvalue weighted by Gasteiger charge is 2.13. The maximum Gasteiger partial charge on any atom is -0.0173 e. The molecule has 0 saturated heterocycles. The lowest BCUT2D eigenvalue weighted by atomic mass is 9.84. The Hall–Kier alpha value is -0.260. The first-order valence-electron chi connectivity index (χ1n) is 4.06. The molecule has 0 amide bonds. The average Bonchev–Trinajstić information content (AvgIpc) is 1.83. The van der Waals surface area contributed by atoms with Crippen molar-refractivity contribution in [3.8, 4) is 0 Å². The lowest BCUT2D eigenvalue weighted by Gasteiger charge is -2.22. The van der Waals surface area contributed by atoms with E-state index in [2.05, 4.69) is 41.5 Å². The fourth-order valence-electron chi connectivity index (χ4n) is 0.905. The Kier molecular flexibility index (Phi) is 3.14. The fourth-order valence-corrected chi connectivity index (χ4v) is 0.905. The summed E-state index contributed by atoms with van der Waals surface area (Å²) in [6, 6.07) is 0. The zero-order valence-corrected chi connectivity index (χ0v) is 8.21. The first-order valence-corrected chi connectivity index (χ1v) is 4.06. The van der Waals surface area contributed by atoms with E-state index in [4.69, 9.17) is 0 Å². The van der Waals surface area contributed by atoms with Gasteiger partial charge in [0, 0.05) is 0 Å². The smallest absolute Gasteiger partial charge is 0.0173 e. The van der Waals surface area contributed by atoms with Gasteiger partial charge in [0.25, 0.3) is 0 Å². The molecule has 0 nitrogen and oxygen atoms in total. The number of hydrogen-bond donors (Lipinski definition) is 0. The largest absolute Gasteiger partial charge is 0.0741 e. The van der Waals surface area contributed by atoms with Crippen LogP contribution in [0.4, 0.5) is 0 Å². The van der Waals surface area contributed by atoms with E-state index in [9.17, 15) is 0 Å². The summed E-state index contributed by atoms with van der Waals surface area (Å²) in [5, 5.41) is 0. The molecule has 0 spiro atoms. The molecule has 0 aromatic carbocycles. The second kappa shape index (κ2) is 3.23. The van der Waals surface area contributed by atoms with Crippen LogP contribution in [0.15, 0.2) is 11.1 Å². The van der Waals surface area contributed by atoms with Gasteiger partial charge in [0.2, 0.25) is 0 Å². The molecule has 0 atom stereocenters. The van der Waals surface area contributed by atoms with Crippen LogP contribution in [0.1, 0.15) is 48.0 Å². The summed E-state index contributed by atoms with van der Waals surface area (Å²) < 4.78 is 0. The molecule has 0 N–H and O–H groups in total. The molecule has 10 heavy (non-hydrogen) atoms. The Morgan fingerprint density at radius 3 is 1.60 bits per heavy atom. The van der Waals surface area contributed by atoms with Crippen molar-refractivity contribution in [1.29, 1.82) is 0 Å². The van der Waals surface area contributed by atoms with Crippen molar-refractivity contribution in [2.45, 2.75) is 48.0 Å². The summed E-state index contributed by atoms with van der Waals surface area (Å²) in [4.78, 5) is 0. The SMILES string of the molecule is CC/C(C)=C(/C)C(C)(C)C. The third-order valence-electron chi connectivity index (χ3n) is 2.30. The van der Waals surface area contributed by atoms with Gasteiger partial charge in [-0.15, -0.1) is 0 Å². The summed E-state index contributed by atoms with van der Waals surface area (Å²) in [5.74, 6) is 0. The van der Waals surface area contributed by atoms with Crippen molar-refractivity contribution in [3.05, 3.63) is 11.1 Å². The molecule has 0 rings (SSSR count). The van der Waals surface area contributed by atoms with Crippen LogP contribution >= 0.6 is 0 Å². The van der Waals surface area contributed by atoms with Gasteiger partial charge in [0.15, 0.2) is 0 Å². The predicted octanol–water partition coefficient (Wildman–Crippen LogP) is 3.78. The van der Waals surface area contributed by atoms with Gasteiger partial charge in [0.1, 0.15) is 0 Å². The van der Waals surface area contributed by atoms with Gasteiger partial charge in [-0.05, 0) is 25.7 Å². The van der Waals surface area contributed by atoms with Crippen molar-refractivity contribution < 1.29 is 0 Å². The third kappa shape index (κ3) is 2.55. The van der Waals surface area contributed by atoms with E-state index in [-0.39, 0.29) is 0 Å². The van der Waals surface area contributed by atoms with Crippen LogP contribution in [-0.4, -0.2) is 0 Å². The van der Waals surface area contributed by atoms with Crippen LogP contribution in [0.5, 0.6) is 0 Å². The van der Waals surface area contributed by atoms with Crippen molar-refractivity contribution >= 4 is 0 Å². The first kappa shape index (κ1) is 9.74. The molecular weight excluding hydrogens is 120 g/mol. The molecule has 0 unspecified atom stereocenters. The molecule has 0 saturated carbocycles. The molecule has 0 radical (unpaired) electrons. The normalized spacial score (nSPS) is 15.0. The lowest BCUT2D eigenvalue weighted by Crippen LogP contribution is -2.08. The second-order valence-electron chi connectivity index (χ2n) is 4.01. The quantitative estimate of drug-likeness (QED) is 0.486. The molecular formula is C10H20. The van der Waals surface area contributed by atoms with E-state index >= 15 is 0 Å². The Morgan fingerprint density at radius 1 is 1.10 bits per heavy atom. The summed E-state index contributed by atoms with van der Waals surface area (Å²) in [7, 11) is 0. The van der Waals surface area contributed by atoms with Crippen LogP contribution < -0.4 is 0 Å². The van der Waals surface area contributed by atoms with E-state index in [1.54, 1.807) is 0 Å². The summed E-state index contributed by atoms with van der Waals surface area (Å²) in [5.41, 5.74) is 3.43. The topological polar surface area (TPSA) is 0 Å². The van der Waals surface area contributed by atoms with Crippen molar-refractivity contribution in [2.24, 2.45) is 5.41 Å². The van der Waals surface area contributed by atoms with Gasteiger partial charge in [-0.1, -0.05) is 38.8 Å². The van der Waals surface area contributed by atoms with Gasteiger partial charge >= 0.3 is 0 Å². The van der Waals surface area contributed by atoms with Crippen molar-refractivity contribution in [2.75, 3.05) is 0 Å². The molecule has 0 aromatic rings. The second-order valence-corrected chi connectivity index (χ2v) is 4.01. The van der Waals surface area contributed by atoms with Gasteiger partial charge in [-0.2, -0.15) is 0 Å². The van der Waals surface area contributed by atoms with Crippen LogP contribution in [0.2, 0.25) is 0 Å². The maximum absolute atomic E-state index is 2.27. The molecule has 0 fully saturated rings. The summed E-state index contributed by atoms with van der Waals surface area (Å²) in [6.07, 6.45) is 1.18. The lowest BCUT2D eigenvalue weighted by molar-refractivity contribution is 0.496. The zero-order valence-electron chi connectivity index (χ0n) is 8.21. The molecule has 0 aliphatic rings. The first-order chi connectivity index (χ1) is 4.39. The number of hydrogen-bond acceptors (Lipinski definition) is 0. The maximum atomic E-state index is 2.27. The number of rotatable bonds is 1. The summed E-state index contributed by atoms with van der Waals surface area (Å²) in [6.45, 7) is 13.5. The van der Waals surface area contributed by atoms with Crippen LogP contribution in [0.3, 0.4) is 0 Å². The summed E-state index contributed by atoms with van der Waals surface area (Å²) >= 11 is 0. The highest BCUT2D eigenvalue weighted by molar-refractivity contribution is 5.15. The molecule has 60 valence electrons. The Morgan fingerprint density at radius 2 is 1.50 bits per heavy atom. The van der Waals surface area contributed by atoms with Gasteiger partial charge in [-0.25, -0.2) is 0 Å². The zero-order chi connectivity index (χ0) is 8.36. The Labute approximate surface area is 65.3 Å². The van der Waals surface area contributed by atoms with Gasteiger partial charge < -0.3 is 0 Å². The molecule has 0 bridgehead atoms. The Balaban J connectivity index is 4.47. The van der Waals surface area contributed by atoms with Crippen LogP contribution in [-0.2, 0) is 0 Å². The molecule has 0 heterocycles. The third-order valence-corrected chi connectivity index (χ3v) is 2.30. The monoisotopic (exact) mass is 140 g/mol. The van der Waals surface area contributed by atoms with Crippen molar-refractivity contribution in [1.82, 2.24) is 0 Å².